The van der Waals surface area contributed by atoms with E-state index in [0.29, 0.717) is 5.58 Å². The normalized spacial score (nSPS) is 12.9. The average molecular weight is 275 g/mol. The quantitative estimate of drug-likeness (QED) is 0.642. The van der Waals surface area contributed by atoms with Crippen molar-refractivity contribution in [2.45, 2.75) is 64.8 Å². The Labute approximate surface area is 120 Å². The van der Waals surface area contributed by atoms with E-state index < -0.39 is 0 Å². The first-order valence-corrected chi connectivity index (χ1v) is 7.88. The zero-order chi connectivity index (χ0) is 14.4. The van der Waals surface area contributed by atoms with Crippen LogP contribution in [0, 0.1) is 0 Å². The van der Waals surface area contributed by atoms with Gasteiger partial charge in [0.2, 0.25) is 0 Å². The van der Waals surface area contributed by atoms with E-state index in [1.807, 2.05) is 28.8 Å². The topological polar surface area (TPSA) is 35.1 Å². The van der Waals surface area contributed by atoms with Crippen molar-refractivity contribution in [1.82, 2.24) is 4.57 Å². The van der Waals surface area contributed by atoms with E-state index in [-0.39, 0.29) is 11.8 Å². The molecule has 0 amide bonds. The highest BCUT2D eigenvalue weighted by molar-refractivity contribution is 5.72. The molecule has 1 aromatic heterocycles. The van der Waals surface area contributed by atoms with Gasteiger partial charge in [0.05, 0.1) is 5.52 Å². The zero-order valence-corrected chi connectivity index (χ0v) is 12.6. The van der Waals surface area contributed by atoms with Crippen LogP contribution in [0.3, 0.4) is 0 Å². The molecule has 0 saturated carbocycles. The third-order valence-electron chi connectivity index (χ3n) is 4.00. The number of rotatable bonds is 8. The number of nitrogens with zero attached hydrogens (tertiary/aromatic N) is 1. The highest BCUT2D eigenvalue weighted by Gasteiger charge is 2.16. The third kappa shape index (κ3) is 3.33. The van der Waals surface area contributed by atoms with E-state index in [4.69, 9.17) is 4.42 Å². The van der Waals surface area contributed by atoms with Crippen molar-refractivity contribution in [2.24, 2.45) is 0 Å². The van der Waals surface area contributed by atoms with Gasteiger partial charge in [0.25, 0.3) is 0 Å². The standard InChI is InChI=1S/C17H25NO2/c1-3-5-6-7-8-11-14(4-2)18-15-12-9-10-13-16(15)20-17(18)19/h9-10,12-14H,3-8,11H2,1-2H3. The maximum atomic E-state index is 12.1. The SMILES string of the molecule is CCCCCCCC(CC)n1c(=O)oc2ccccc21. The number of fused-ring (bicyclic) bond motifs is 1. The van der Waals surface area contributed by atoms with E-state index in [1.165, 1.54) is 32.1 Å². The molecule has 0 saturated heterocycles. The Morgan fingerprint density at radius 1 is 1.10 bits per heavy atom. The summed E-state index contributed by atoms with van der Waals surface area (Å²) in [6.45, 7) is 4.37. The van der Waals surface area contributed by atoms with Crippen LogP contribution in [0.25, 0.3) is 11.1 Å². The van der Waals surface area contributed by atoms with Crippen LogP contribution in [0.1, 0.15) is 64.8 Å². The van der Waals surface area contributed by atoms with Crippen LogP contribution < -0.4 is 5.76 Å². The molecule has 110 valence electrons. The fourth-order valence-corrected chi connectivity index (χ4v) is 2.83. The number of oxazole rings is 1. The lowest BCUT2D eigenvalue weighted by Crippen LogP contribution is -2.20. The summed E-state index contributed by atoms with van der Waals surface area (Å²) in [6, 6.07) is 7.96. The number of hydrogen-bond donors (Lipinski definition) is 0. The van der Waals surface area contributed by atoms with Gasteiger partial charge in [-0.3, -0.25) is 4.57 Å². The zero-order valence-electron chi connectivity index (χ0n) is 12.6. The van der Waals surface area contributed by atoms with Crippen molar-refractivity contribution in [3.63, 3.8) is 0 Å². The molecule has 0 radical (unpaired) electrons. The first kappa shape index (κ1) is 14.9. The Hall–Kier alpha value is -1.51. The first-order chi connectivity index (χ1) is 9.77. The molecule has 2 rings (SSSR count). The Bertz CT molecular complexity index is 582. The highest BCUT2D eigenvalue weighted by Crippen LogP contribution is 2.23. The lowest BCUT2D eigenvalue weighted by atomic mass is 10.0. The van der Waals surface area contributed by atoms with Crippen molar-refractivity contribution in [3.8, 4) is 0 Å². The predicted octanol–water partition coefficient (Wildman–Crippen LogP) is 4.91. The van der Waals surface area contributed by atoms with Gasteiger partial charge >= 0.3 is 5.76 Å². The van der Waals surface area contributed by atoms with Crippen molar-refractivity contribution in [3.05, 3.63) is 34.8 Å². The molecule has 1 atom stereocenters. The Balaban J connectivity index is 2.09. The summed E-state index contributed by atoms with van der Waals surface area (Å²) < 4.78 is 7.18. The summed E-state index contributed by atoms with van der Waals surface area (Å²) in [5.74, 6) is -0.216. The molecule has 3 nitrogen and oxygen atoms in total. The molecular formula is C17H25NO2. The van der Waals surface area contributed by atoms with Crippen molar-refractivity contribution in [1.29, 1.82) is 0 Å². The summed E-state index contributed by atoms with van der Waals surface area (Å²) in [4.78, 5) is 12.1. The van der Waals surface area contributed by atoms with Crippen molar-refractivity contribution in [2.75, 3.05) is 0 Å². The van der Waals surface area contributed by atoms with Crippen LogP contribution in [-0.2, 0) is 0 Å². The summed E-state index contributed by atoms with van der Waals surface area (Å²) in [7, 11) is 0. The minimum Gasteiger partial charge on any atom is -0.408 e. The largest absolute Gasteiger partial charge is 0.420 e. The van der Waals surface area contributed by atoms with Gasteiger partial charge in [0, 0.05) is 6.04 Å². The number of unbranched alkanes of at least 4 members (excludes halogenated alkanes) is 4. The molecule has 0 N–H and O–H groups in total. The molecule has 0 spiro atoms. The van der Waals surface area contributed by atoms with E-state index in [9.17, 15) is 4.79 Å². The smallest absolute Gasteiger partial charge is 0.408 e. The van der Waals surface area contributed by atoms with Crippen molar-refractivity contribution >= 4 is 11.1 Å². The van der Waals surface area contributed by atoms with Gasteiger partial charge in [0.15, 0.2) is 5.58 Å². The number of para-hydroxylation sites is 2. The molecule has 2 aromatic rings. The first-order valence-electron chi connectivity index (χ1n) is 7.88. The Morgan fingerprint density at radius 2 is 1.85 bits per heavy atom. The van der Waals surface area contributed by atoms with Crippen molar-refractivity contribution < 1.29 is 4.42 Å². The number of aromatic nitrogens is 1. The maximum Gasteiger partial charge on any atom is 0.420 e. The minimum atomic E-state index is -0.216. The highest BCUT2D eigenvalue weighted by atomic mass is 16.4. The maximum absolute atomic E-state index is 12.1. The second-order valence-electron chi connectivity index (χ2n) is 5.47. The van der Waals surface area contributed by atoms with Gasteiger partial charge in [-0.1, -0.05) is 58.1 Å². The van der Waals surface area contributed by atoms with Gasteiger partial charge in [-0.25, -0.2) is 4.79 Å². The summed E-state index contributed by atoms with van der Waals surface area (Å²) in [6.07, 6.45) is 8.35. The summed E-state index contributed by atoms with van der Waals surface area (Å²) in [5, 5.41) is 0. The van der Waals surface area contributed by atoms with Gasteiger partial charge < -0.3 is 4.42 Å². The Morgan fingerprint density at radius 3 is 2.60 bits per heavy atom. The molecule has 3 heteroatoms. The van der Waals surface area contributed by atoms with E-state index >= 15 is 0 Å². The molecular weight excluding hydrogens is 250 g/mol. The van der Waals surface area contributed by atoms with Crippen LogP contribution in [0.15, 0.2) is 33.5 Å². The van der Waals surface area contributed by atoms with Crippen LogP contribution in [0.2, 0.25) is 0 Å². The molecule has 0 bridgehead atoms. The number of hydrogen-bond acceptors (Lipinski definition) is 2. The molecule has 0 aliphatic rings. The lowest BCUT2D eigenvalue weighted by molar-refractivity contribution is 0.394. The second kappa shape index (κ2) is 7.32. The molecule has 1 aromatic carbocycles. The van der Waals surface area contributed by atoms with Crippen LogP contribution >= 0.6 is 0 Å². The molecule has 0 fully saturated rings. The molecule has 20 heavy (non-hydrogen) atoms. The third-order valence-corrected chi connectivity index (χ3v) is 4.00. The monoisotopic (exact) mass is 275 g/mol. The van der Waals surface area contributed by atoms with Gasteiger partial charge in [-0.15, -0.1) is 0 Å². The fraction of sp³-hybridized carbons (Fsp3) is 0.588. The average Bonchev–Trinajstić information content (AvgIpc) is 2.79. The van der Waals surface area contributed by atoms with Gasteiger partial charge in [-0.05, 0) is 25.0 Å². The van der Waals surface area contributed by atoms with Crippen LogP contribution in [0.4, 0.5) is 0 Å². The van der Waals surface area contributed by atoms with E-state index in [0.717, 1.165) is 18.4 Å². The summed E-state index contributed by atoms with van der Waals surface area (Å²) in [5.41, 5.74) is 1.62. The molecule has 1 unspecified atom stereocenters. The predicted molar refractivity (Wildman–Crippen MR) is 83.2 cm³/mol. The summed E-state index contributed by atoms with van der Waals surface area (Å²) >= 11 is 0. The molecule has 1 heterocycles. The Kier molecular flexibility index (Phi) is 5.45. The number of benzene rings is 1. The van der Waals surface area contributed by atoms with E-state index in [1.54, 1.807) is 0 Å². The molecule has 0 aliphatic carbocycles. The lowest BCUT2D eigenvalue weighted by Gasteiger charge is -2.15. The van der Waals surface area contributed by atoms with Crippen LogP contribution in [0.5, 0.6) is 0 Å². The minimum absolute atomic E-state index is 0.216. The van der Waals surface area contributed by atoms with Gasteiger partial charge in [-0.2, -0.15) is 0 Å². The molecule has 0 aliphatic heterocycles. The van der Waals surface area contributed by atoms with Gasteiger partial charge in [0.1, 0.15) is 0 Å². The van der Waals surface area contributed by atoms with E-state index in [2.05, 4.69) is 13.8 Å². The second-order valence-corrected chi connectivity index (χ2v) is 5.47. The fourth-order valence-electron chi connectivity index (χ4n) is 2.83. The van der Waals surface area contributed by atoms with Crippen LogP contribution in [-0.4, -0.2) is 4.57 Å².